The summed E-state index contributed by atoms with van der Waals surface area (Å²) < 4.78 is 12.9. The number of pyridine rings is 1. The van der Waals surface area contributed by atoms with Crippen molar-refractivity contribution in [3.05, 3.63) is 70.4 Å². The van der Waals surface area contributed by atoms with Gasteiger partial charge in [-0.25, -0.2) is 19.6 Å². The molecule has 70 heavy (non-hydrogen) atoms. The minimum absolute atomic E-state index is 0.0996. The smallest absolute Gasteiger partial charge is 0.407 e. The number of fused-ring (bicyclic) bond motifs is 3. The van der Waals surface area contributed by atoms with Gasteiger partial charge in [0, 0.05) is 42.6 Å². The Bertz CT molecular complexity index is 2520. The predicted molar refractivity (Wildman–Crippen MR) is 260 cm³/mol. The number of para-hydroxylation sites is 1. The second-order valence-electron chi connectivity index (χ2n) is 17.3. The molecule has 3 atom stereocenters. The molecule has 10 N–H and O–H groups in total. The third kappa shape index (κ3) is 17.5. The SMILES string of the molecule is CCOCc1nc2c(NC(=O)[C@H](CCCCNC(=O)OCc3ccc(NC(=O)[C@H](CCCNC(N)=O)NC(=O)[C@@H](NC(=O)CN=[N+]=[N-])C(C)C)cc3)NC(C)=O)nc3ccccc3c2n1CC(C)(C)O. The third-order valence-corrected chi connectivity index (χ3v) is 10.5. The molecule has 0 aliphatic rings. The molecule has 0 spiro atoms. The zero-order chi connectivity index (χ0) is 51.4. The van der Waals surface area contributed by atoms with Crippen LogP contribution in [0.15, 0.2) is 53.6 Å². The van der Waals surface area contributed by atoms with E-state index in [9.17, 15) is 38.7 Å². The predicted octanol–water partition coefficient (Wildman–Crippen LogP) is 3.75. The molecule has 0 radical (unpaired) electrons. The van der Waals surface area contributed by atoms with Crippen molar-refractivity contribution in [3.63, 3.8) is 0 Å². The number of imidazole rings is 1. The monoisotopic (exact) mass is 972 g/mol. The maximum Gasteiger partial charge on any atom is 0.407 e. The van der Waals surface area contributed by atoms with Crippen LogP contribution in [0.25, 0.3) is 32.4 Å². The number of hydrogen-bond donors (Lipinski definition) is 9. The van der Waals surface area contributed by atoms with Crippen molar-refractivity contribution in [3.8, 4) is 0 Å². The number of primary amides is 1. The second kappa shape index (κ2) is 26.8. The number of anilines is 2. The van der Waals surface area contributed by atoms with Crippen LogP contribution in [0.4, 0.5) is 21.1 Å². The fourth-order valence-electron chi connectivity index (χ4n) is 7.22. The van der Waals surface area contributed by atoms with Crippen LogP contribution in [0.2, 0.25) is 0 Å². The van der Waals surface area contributed by atoms with E-state index >= 15 is 0 Å². The van der Waals surface area contributed by atoms with E-state index in [1.807, 2.05) is 35.8 Å². The van der Waals surface area contributed by atoms with Crippen LogP contribution in [0, 0.1) is 5.92 Å². The van der Waals surface area contributed by atoms with E-state index < -0.39 is 71.9 Å². The second-order valence-corrected chi connectivity index (χ2v) is 17.3. The lowest BCUT2D eigenvalue weighted by Crippen LogP contribution is -2.55. The fourth-order valence-corrected chi connectivity index (χ4v) is 7.22. The Kier molecular flexibility index (Phi) is 21.1. The van der Waals surface area contributed by atoms with E-state index in [1.54, 1.807) is 52.0 Å². The number of nitrogens with one attached hydrogen (secondary N) is 7. The Morgan fingerprint density at radius 1 is 0.857 bits per heavy atom. The van der Waals surface area contributed by atoms with Crippen LogP contribution < -0.4 is 43.0 Å². The largest absolute Gasteiger partial charge is 0.445 e. The molecule has 8 amide bonds. The quantitative estimate of drug-likeness (QED) is 0.0179. The molecule has 24 nitrogen and oxygen atoms in total. The van der Waals surface area contributed by atoms with Gasteiger partial charge in [0.25, 0.3) is 0 Å². The van der Waals surface area contributed by atoms with Gasteiger partial charge < -0.3 is 62.1 Å². The highest BCUT2D eigenvalue weighted by atomic mass is 16.5. The molecule has 4 rings (SSSR count). The molecule has 2 aromatic heterocycles. The summed E-state index contributed by atoms with van der Waals surface area (Å²) in [5, 5.41) is 33.4. The summed E-state index contributed by atoms with van der Waals surface area (Å²) in [5.41, 5.74) is 15.2. The molecule has 0 saturated carbocycles. The number of amides is 8. The first-order chi connectivity index (χ1) is 33.3. The third-order valence-electron chi connectivity index (χ3n) is 10.5. The van der Waals surface area contributed by atoms with E-state index in [0.29, 0.717) is 53.1 Å². The van der Waals surface area contributed by atoms with Crippen molar-refractivity contribution >= 4 is 75.1 Å². The Labute approximate surface area is 404 Å². The summed E-state index contributed by atoms with van der Waals surface area (Å²) in [6.07, 6.45) is 0.806. The molecule has 0 fully saturated rings. The van der Waals surface area contributed by atoms with Gasteiger partial charge in [-0.15, -0.1) is 0 Å². The average molecular weight is 973 g/mol. The number of ether oxygens (including phenoxy) is 2. The fraction of sp³-hybridized carbons (Fsp3) is 0.500. The molecule has 0 bridgehead atoms. The maximum absolute atomic E-state index is 13.8. The number of nitrogens with zero attached hydrogens (tertiary/aromatic N) is 6. The van der Waals surface area contributed by atoms with Gasteiger partial charge in [-0.1, -0.05) is 49.3 Å². The summed E-state index contributed by atoms with van der Waals surface area (Å²) in [6, 6.07) is 10.0. The standard InChI is InChI=1S/C46H64N14O10/c1-7-69-25-35-56-38-39(60(35)26-46(5,6)68)31-13-8-9-14-32(31)54-40(38)58-42(64)33(52-28(4)61)15-10-11-21-50-45(67)70-24-29-17-19-30(20-18-29)53-41(63)34(16-12-22-49-44(47)66)55-43(65)37(27(2)3)57-36(62)23-51-59-48/h8-9,13-14,17-20,27,33-34,37,68H,7,10-12,15-16,21-26H2,1-6H3,(H,50,67)(H,52,61)(H,53,63)(H,55,65)(H,57,62)(H3,47,49,66)(H,54,58,64)/t33-,34-,37-/m0/s1. The van der Waals surface area contributed by atoms with Gasteiger partial charge in [0.15, 0.2) is 5.82 Å². The molecule has 24 heteroatoms. The minimum Gasteiger partial charge on any atom is -0.445 e. The highest BCUT2D eigenvalue weighted by Crippen LogP contribution is 2.32. The summed E-state index contributed by atoms with van der Waals surface area (Å²) >= 11 is 0. The molecule has 0 unspecified atom stereocenters. The molecule has 378 valence electrons. The number of azide groups is 1. The lowest BCUT2D eigenvalue weighted by Gasteiger charge is -2.25. The summed E-state index contributed by atoms with van der Waals surface area (Å²) in [4.78, 5) is 101. The van der Waals surface area contributed by atoms with Gasteiger partial charge in [-0.2, -0.15) is 0 Å². The Morgan fingerprint density at radius 3 is 2.19 bits per heavy atom. The number of hydrogen-bond acceptors (Lipinski definition) is 13. The number of unbranched alkanes of at least 4 members (excludes halogenated alkanes) is 1. The highest BCUT2D eigenvalue weighted by molar-refractivity contribution is 6.10. The number of aliphatic hydroxyl groups is 1. The van der Waals surface area contributed by atoms with E-state index in [2.05, 4.69) is 47.2 Å². The van der Waals surface area contributed by atoms with Gasteiger partial charge in [-0.3, -0.25) is 24.0 Å². The molecule has 0 aliphatic heterocycles. The lowest BCUT2D eigenvalue weighted by molar-refractivity contribution is -0.131. The van der Waals surface area contributed by atoms with Gasteiger partial charge >= 0.3 is 12.1 Å². The van der Waals surface area contributed by atoms with Crippen molar-refractivity contribution in [2.45, 2.75) is 117 Å². The Hall–Kier alpha value is -7.56. The molecule has 2 aromatic carbocycles. The molecule has 2 heterocycles. The first-order valence-electron chi connectivity index (χ1n) is 22.9. The van der Waals surface area contributed by atoms with E-state index in [4.69, 9.17) is 30.7 Å². The number of carbonyl (C=O) groups excluding carboxylic acids is 7. The molecule has 0 aliphatic carbocycles. The number of urea groups is 1. The highest BCUT2D eigenvalue weighted by Gasteiger charge is 2.30. The van der Waals surface area contributed by atoms with Crippen molar-refractivity contribution in [2.75, 3.05) is 36.9 Å². The number of rotatable bonds is 27. The van der Waals surface area contributed by atoms with Gasteiger partial charge in [0.05, 0.1) is 23.2 Å². The molecular formula is C46H64N14O10. The van der Waals surface area contributed by atoms with Crippen LogP contribution in [-0.4, -0.2) is 111 Å². The van der Waals surface area contributed by atoms with E-state index in [1.165, 1.54) is 6.92 Å². The minimum atomic E-state index is -1.10. The average Bonchev–Trinajstić information content (AvgIpc) is 3.65. The zero-order valence-electron chi connectivity index (χ0n) is 40.3. The number of aromatic nitrogens is 3. The molecule has 0 saturated heterocycles. The molecule has 4 aromatic rings. The van der Waals surface area contributed by atoms with Crippen molar-refractivity contribution in [2.24, 2.45) is 16.8 Å². The van der Waals surface area contributed by atoms with Crippen LogP contribution in [0.1, 0.15) is 85.0 Å². The summed E-state index contributed by atoms with van der Waals surface area (Å²) in [5.74, 6) is -2.47. The van der Waals surface area contributed by atoms with Crippen LogP contribution >= 0.6 is 0 Å². The Morgan fingerprint density at radius 2 is 1.53 bits per heavy atom. The van der Waals surface area contributed by atoms with E-state index in [0.717, 1.165) is 5.39 Å². The Balaban J connectivity index is 1.31. The first kappa shape index (κ1) is 55.0. The topological polar surface area (TPSA) is 348 Å². The van der Waals surface area contributed by atoms with Crippen LogP contribution in [-0.2, 0) is 53.2 Å². The normalized spacial score (nSPS) is 12.5. The van der Waals surface area contributed by atoms with Gasteiger partial charge in [0.2, 0.25) is 29.5 Å². The maximum atomic E-state index is 13.8. The van der Waals surface area contributed by atoms with Crippen LogP contribution in [0.5, 0.6) is 0 Å². The summed E-state index contributed by atoms with van der Waals surface area (Å²) in [6.45, 7) is 10.5. The first-order valence-corrected chi connectivity index (χ1v) is 22.9. The summed E-state index contributed by atoms with van der Waals surface area (Å²) in [7, 11) is 0. The van der Waals surface area contributed by atoms with Crippen molar-refractivity contribution in [1.29, 1.82) is 0 Å². The lowest BCUT2D eigenvalue weighted by atomic mass is 10.0. The van der Waals surface area contributed by atoms with Crippen molar-refractivity contribution < 1.29 is 48.1 Å². The number of nitrogens with two attached hydrogens (primary N) is 1. The van der Waals surface area contributed by atoms with Crippen molar-refractivity contribution in [1.82, 2.24) is 41.1 Å². The van der Waals surface area contributed by atoms with Crippen LogP contribution in [0.3, 0.4) is 0 Å². The number of benzene rings is 2. The zero-order valence-corrected chi connectivity index (χ0v) is 40.3. The molecular weight excluding hydrogens is 909 g/mol. The van der Waals surface area contributed by atoms with Gasteiger partial charge in [-0.05, 0) is 88.1 Å². The van der Waals surface area contributed by atoms with E-state index in [-0.39, 0.29) is 63.8 Å². The number of alkyl carbamates (subject to hydrolysis) is 1. The van der Waals surface area contributed by atoms with Gasteiger partial charge in [0.1, 0.15) is 49.2 Å². The number of carbonyl (C=O) groups is 7.